The number of carbonyl (C=O) groups excluding carboxylic acids is 1. The molecule has 0 bridgehead atoms. The quantitative estimate of drug-likeness (QED) is 0.483. The lowest BCUT2D eigenvalue weighted by Gasteiger charge is -2.33. The van der Waals surface area contributed by atoms with Crippen molar-refractivity contribution in [1.29, 1.82) is 0 Å². The first-order valence-electron chi connectivity index (χ1n) is 11.8. The van der Waals surface area contributed by atoms with E-state index in [1.54, 1.807) is 4.90 Å². The topological polar surface area (TPSA) is 104 Å². The number of likely N-dealkylation sites (tertiary alicyclic amines) is 1. The summed E-state index contributed by atoms with van der Waals surface area (Å²) in [5, 5.41) is 10.3. The molecule has 0 aliphatic carbocycles. The summed E-state index contributed by atoms with van der Waals surface area (Å²) in [5.74, 6) is 0.693. The van der Waals surface area contributed by atoms with Crippen molar-refractivity contribution in [1.82, 2.24) is 29.3 Å². The number of fused-ring (bicyclic) bond motifs is 2. The van der Waals surface area contributed by atoms with E-state index in [2.05, 4.69) is 52.6 Å². The van der Waals surface area contributed by atoms with Crippen LogP contribution in [0.2, 0.25) is 0 Å². The van der Waals surface area contributed by atoms with Crippen molar-refractivity contribution in [2.75, 3.05) is 18.8 Å². The largest absolute Gasteiger partial charge is 0.444 e. The molecule has 9 nitrogen and oxygen atoms in total. The van der Waals surface area contributed by atoms with Crippen molar-refractivity contribution in [2.45, 2.75) is 58.6 Å². The van der Waals surface area contributed by atoms with Crippen molar-refractivity contribution in [3.8, 4) is 11.1 Å². The zero-order chi connectivity index (χ0) is 24.0. The average molecular weight is 462 g/mol. The molecular formula is C25H31N7O2. The second-order valence-corrected chi connectivity index (χ2v) is 9.89. The van der Waals surface area contributed by atoms with E-state index in [-0.39, 0.29) is 12.0 Å². The lowest BCUT2D eigenvalue weighted by atomic mass is 9.93. The van der Waals surface area contributed by atoms with Gasteiger partial charge >= 0.3 is 6.09 Å². The molecule has 4 aromatic rings. The molecular weight excluding hydrogens is 430 g/mol. The number of nitrogens with zero attached hydrogens (tertiary/aromatic N) is 6. The van der Waals surface area contributed by atoms with Crippen LogP contribution in [0.4, 0.5) is 10.6 Å². The Kier molecular flexibility index (Phi) is 5.42. The lowest BCUT2D eigenvalue weighted by molar-refractivity contribution is 0.0203. The molecule has 9 heteroatoms. The first kappa shape index (κ1) is 22.2. The molecule has 1 saturated heterocycles. The molecule has 4 heterocycles. The highest BCUT2D eigenvalue weighted by Crippen LogP contribution is 2.37. The molecule has 1 aliphatic rings. The summed E-state index contributed by atoms with van der Waals surface area (Å²) in [7, 11) is 0. The van der Waals surface area contributed by atoms with Gasteiger partial charge in [0.05, 0.1) is 5.52 Å². The maximum absolute atomic E-state index is 12.5. The molecule has 5 rings (SSSR count). The summed E-state index contributed by atoms with van der Waals surface area (Å²) in [6, 6.07) is 8.46. The van der Waals surface area contributed by atoms with E-state index in [0.717, 1.165) is 52.6 Å². The summed E-state index contributed by atoms with van der Waals surface area (Å²) in [5.41, 5.74) is 10.7. The van der Waals surface area contributed by atoms with Gasteiger partial charge in [-0.2, -0.15) is 10.2 Å². The Morgan fingerprint density at radius 1 is 1.21 bits per heavy atom. The van der Waals surface area contributed by atoms with Crippen LogP contribution in [0.25, 0.3) is 27.5 Å². The molecule has 1 aliphatic heterocycles. The van der Waals surface area contributed by atoms with Gasteiger partial charge in [-0.25, -0.2) is 14.3 Å². The smallest absolute Gasteiger partial charge is 0.410 e. The molecule has 1 aromatic carbocycles. The molecule has 1 amide bonds. The number of nitrogens with two attached hydrogens (primary N) is 1. The van der Waals surface area contributed by atoms with E-state index in [1.807, 2.05) is 30.0 Å². The molecule has 2 N–H and O–H groups in total. The van der Waals surface area contributed by atoms with E-state index in [4.69, 9.17) is 10.5 Å². The lowest BCUT2D eigenvalue weighted by Crippen LogP contribution is -2.41. The Morgan fingerprint density at radius 2 is 1.97 bits per heavy atom. The summed E-state index contributed by atoms with van der Waals surface area (Å²) in [6.45, 7) is 9.85. The number of rotatable bonds is 3. The van der Waals surface area contributed by atoms with Crippen molar-refractivity contribution in [3.05, 3.63) is 42.5 Å². The van der Waals surface area contributed by atoms with Crippen LogP contribution >= 0.6 is 0 Å². The SMILES string of the molecule is CCn1cc2ccc(-c3cc(C4CCN(C(=O)OC(C)(C)C)CC4)n4ncnc(N)c34)cc2n1. The minimum atomic E-state index is -0.497. The third-order valence-corrected chi connectivity index (χ3v) is 6.36. The monoisotopic (exact) mass is 461 g/mol. The fraction of sp³-hybridized carbons (Fsp3) is 0.440. The van der Waals surface area contributed by atoms with Crippen LogP contribution in [0.5, 0.6) is 0 Å². The third-order valence-electron chi connectivity index (χ3n) is 6.36. The maximum atomic E-state index is 12.5. The summed E-state index contributed by atoms with van der Waals surface area (Å²) in [6.07, 6.45) is 4.96. The van der Waals surface area contributed by atoms with E-state index in [1.165, 1.54) is 6.33 Å². The highest BCUT2D eigenvalue weighted by Gasteiger charge is 2.30. The molecule has 0 spiro atoms. The zero-order valence-electron chi connectivity index (χ0n) is 20.2. The second-order valence-electron chi connectivity index (χ2n) is 9.89. The highest BCUT2D eigenvalue weighted by atomic mass is 16.6. The molecule has 34 heavy (non-hydrogen) atoms. The summed E-state index contributed by atoms with van der Waals surface area (Å²) < 4.78 is 9.40. The van der Waals surface area contributed by atoms with E-state index in [9.17, 15) is 4.79 Å². The van der Waals surface area contributed by atoms with Gasteiger partial charge in [0.25, 0.3) is 0 Å². The number of ether oxygens (including phenoxy) is 1. The number of anilines is 1. The predicted octanol–water partition coefficient (Wildman–Crippen LogP) is 4.46. The van der Waals surface area contributed by atoms with Crippen LogP contribution in [0, 0.1) is 0 Å². The minimum absolute atomic E-state index is 0.247. The fourth-order valence-electron chi connectivity index (χ4n) is 4.68. The first-order chi connectivity index (χ1) is 16.2. The summed E-state index contributed by atoms with van der Waals surface area (Å²) >= 11 is 0. The highest BCUT2D eigenvalue weighted by molar-refractivity contribution is 5.92. The van der Waals surface area contributed by atoms with Crippen molar-refractivity contribution >= 4 is 28.3 Å². The maximum Gasteiger partial charge on any atom is 0.410 e. The van der Waals surface area contributed by atoms with Crippen LogP contribution in [-0.4, -0.2) is 54.1 Å². The molecule has 1 fully saturated rings. The average Bonchev–Trinajstić information content (AvgIpc) is 3.39. The van der Waals surface area contributed by atoms with Crippen molar-refractivity contribution in [3.63, 3.8) is 0 Å². The second kappa shape index (κ2) is 8.30. The Balaban J connectivity index is 1.47. The number of piperidine rings is 1. The van der Waals surface area contributed by atoms with Gasteiger partial charge in [-0.05, 0) is 58.2 Å². The van der Waals surface area contributed by atoms with E-state index < -0.39 is 5.60 Å². The molecule has 0 unspecified atom stereocenters. The molecule has 3 aromatic heterocycles. The number of hydrogen-bond donors (Lipinski definition) is 1. The molecule has 0 atom stereocenters. The summed E-state index contributed by atoms with van der Waals surface area (Å²) in [4.78, 5) is 18.5. The molecule has 0 saturated carbocycles. The number of hydrogen-bond acceptors (Lipinski definition) is 6. The number of aryl methyl sites for hydroxylation is 1. The Bertz CT molecular complexity index is 1360. The Morgan fingerprint density at radius 3 is 2.68 bits per heavy atom. The number of carbonyl (C=O) groups is 1. The van der Waals surface area contributed by atoms with Gasteiger partial charge in [0.2, 0.25) is 0 Å². The van der Waals surface area contributed by atoms with Gasteiger partial charge < -0.3 is 15.4 Å². The van der Waals surface area contributed by atoms with Crippen molar-refractivity contribution in [2.24, 2.45) is 0 Å². The standard InChI is InChI=1S/C25H31N7O2/c1-5-31-14-18-7-6-17(12-20(18)29-31)19-13-21(32-22(19)23(26)27-15-28-32)16-8-10-30(11-9-16)24(33)34-25(2,3)4/h6-7,12-16H,5,8-11H2,1-4H3,(H2,26,27,28). The van der Waals surface area contributed by atoms with Gasteiger partial charge in [0, 0.05) is 48.4 Å². The number of nitrogen functional groups attached to an aromatic ring is 1. The van der Waals surface area contributed by atoms with E-state index in [0.29, 0.717) is 18.9 Å². The van der Waals surface area contributed by atoms with Gasteiger partial charge in [0.15, 0.2) is 5.82 Å². The molecule has 0 radical (unpaired) electrons. The van der Waals surface area contributed by atoms with Crippen LogP contribution in [0.3, 0.4) is 0 Å². The minimum Gasteiger partial charge on any atom is -0.444 e. The Hall–Kier alpha value is -3.62. The van der Waals surface area contributed by atoms with E-state index >= 15 is 0 Å². The number of amides is 1. The van der Waals surface area contributed by atoms with Gasteiger partial charge in [0.1, 0.15) is 17.4 Å². The van der Waals surface area contributed by atoms with Gasteiger partial charge in [-0.1, -0.05) is 12.1 Å². The fourth-order valence-corrected chi connectivity index (χ4v) is 4.68. The Labute approximate surface area is 198 Å². The first-order valence-corrected chi connectivity index (χ1v) is 11.8. The predicted molar refractivity (Wildman–Crippen MR) is 132 cm³/mol. The third kappa shape index (κ3) is 4.06. The zero-order valence-corrected chi connectivity index (χ0v) is 20.2. The number of aromatic nitrogens is 5. The van der Waals surface area contributed by atoms with Gasteiger partial charge in [-0.3, -0.25) is 4.68 Å². The van der Waals surface area contributed by atoms with Crippen molar-refractivity contribution < 1.29 is 9.53 Å². The van der Waals surface area contributed by atoms with Crippen LogP contribution < -0.4 is 5.73 Å². The normalized spacial score (nSPS) is 15.4. The molecule has 178 valence electrons. The number of benzene rings is 1. The van der Waals surface area contributed by atoms with Crippen LogP contribution in [0.15, 0.2) is 36.8 Å². The van der Waals surface area contributed by atoms with Gasteiger partial charge in [-0.15, -0.1) is 0 Å². The van der Waals surface area contributed by atoms with Crippen LogP contribution in [-0.2, 0) is 11.3 Å². The van der Waals surface area contributed by atoms with Crippen LogP contribution in [0.1, 0.15) is 52.1 Å².